The van der Waals surface area contributed by atoms with Gasteiger partial charge in [0.05, 0.1) is 11.8 Å². The van der Waals surface area contributed by atoms with Gasteiger partial charge >= 0.3 is 6.03 Å². The van der Waals surface area contributed by atoms with Gasteiger partial charge in [-0.3, -0.25) is 0 Å². The molecule has 5 nitrogen and oxygen atoms in total. The number of nitrogens with one attached hydrogen (secondary N) is 2. The quantitative estimate of drug-likeness (QED) is 0.883. The first-order valence-corrected chi connectivity index (χ1v) is 9.29. The average molecular weight is 332 g/mol. The van der Waals surface area contributed by atoms with E-state index < -0.39 is 9.84 Å². The third-order valence-electron chi connectivity index (χ3n) is 3.29. The van der Waals surface area contributed by atoms with Gasteiger partial charge in [0.2, 0.25) is 0 Å². The fourth-order valence-electron chi connectivity index (χ4n) is 2.18. The zero-order chi connectivity index (χ0) is 16.9. The summed E-state index contributed by atoms with van der Waals surface area (Å²) in [5, 5.41) is 5.58. The van der Waals surface area contributed by atoms with Crippen LogP contribution in [-0.4, -0.2) is 20.7 Å². The number of hydrogen-bond donors (Lipinski definition) is 2. The van der Waals surface area contributed by atoms with E-state index >= 15 is 0 Å². The molecule has 0 aromatic heterocycles. The van der Waals surface area contributed by atoms with Crippen LogP contribution in [0.3, 0.4) is 0 Å². The van der Waals surface area contributed by atoms with Crippen LogP contribution >= 0.6 is 0 Å². The molecule has 0 bridgehead atoms. The monoisotopic (exact) mass is 332 g/mol. The van der Waals surface area contributed by atoms with Crippen LogP contribution in [0.25, 0.3) is 0 Å². The van der Waals surface area contributed by atoms with E-state index in [0.717, 1.165) is 5.56 Å². The largest absolute Gasteiger partial charge is 0.331 e. The van der Waals surface area contributed by atoms with E-state index in [1.165, 1.54) is 6.26 Å². The maximum Gasteiger partial charge on any atom is 0.319 e. The summed E-state index contributed by atoms with van der Waals surface area (Å²) in [4.78, 5) is 12.0. The molecule has 2 aromatic rings. The normalized spacial score (nSPS) is 12.4. The van der Waals surface area contributed by atoms with Gasteiger partial charge in [-0.15, -0.1) is 0 Å². The van der Waals surface area contributed by atoms with Crippen molar-refractivity contribution in [1.82, 2.24) is 5.32 Å². The van der Waals surface area contributed by atoms with Gasteiger partial charge in [0, 0.05) is 11.9 Å². The minimum Gasteiger partial charge on any atom is -0.331 e. The van der Waals surface area contributed by atoms with Crippen molar-refractivity contribution in [1.29, 1.82) is 0 Å². The highest BCUT2D eigenvalue weighted by Gasteiger charge is 2.09. The third kappa shape index (κ3) is 5.75. The Morgan fingerprint density at radius 3 is 2.22 bits per heavy atom. The lowest BCUT2D eigenvalue weighted by Crippen LogP contribution is -2.31. The number of rotatable bonds is 5. The van der Waals surface area contributed by atoms with Crippen molar-refractivity contribution in [2.75, 3.05) is 11.6 Å². The van der Waals surface area contributed by atoms with Crippen molar-refractivity contribution in [3.63, 3.8) is 0 Å². The fraction of sp³-hybridized carbons (Fsp3) is 0.235. The number of sulfone groups is 1. The number of amides is 2. The van der Waals surface area contributed by atoms with Gasteiger partial charge in [-0.1, -0.05) is 42.5 Å². The number of carbonyl (C=O) groups excluding carboxylic acids is 1. The van der Waals surface area contributed by atoms with E-state index in [4.69, 9.17) is 0 Å². The Morgan fingerprint density at radius 1 is 1.04 bits per heavy atom. The molecule has 23 heavy (non-hydrogen) atoms. The van der Waals surface area contributed by atoms with Crippen molar-refractivity contribution in [2.24, 2.45) is 0 Å². The number of urea groups is 1. The first-order chi connectivity index (χ1) is 10.8. The molecular weight excluding hydrogens is 312 g/mol. The SMILES string of the molecule is CC(NC(=O)Nc1ccc(CS(C)(=O)=O)cc1)c1ccccc1. The lowest BCUT2D eigenvalue weighted by atomic mass is 10.1. The summed E-state index contributed by atoms with van der Waals surface area (Å²) in [5.41, 5.74) is 2.32. The molecule has 0 aliphatic rings. The molecule has 0 saturated heterocycles. The average Bonchev–Trinajstić information content (AvgIpc) is 2.48. The molecule has 6 heteroatoms. The highest BCUT2D eigenvalue weighted by Crippen LogP contribution is 2.14. The van der Waals surface area contributed by atoms with Crippen molar-refractivity contribution in [3.8, 4) is 0 Å². The van der Waals surface area contributed by atoms with Crippen molar-refractivity contribution >= 4 is 21.6 Å². The van der Waals surface area contributed by atoms with Gasteiger partial charge in [-0.05, 0) is 30.2 Å². The minimum absolute atomic E-state index is 0.00941. The zero-order valence-corrected chi connectivity index (χ0v) is 13.9. The van der Waals surface area contributed by atoms with Gasteiger partial charge in [0.25, 0.3) is 0 Å². The molecule has 0 spiro atoms. The molecule has 2 aromatic carbocycles. The van der Waals surface area contributed by atoms with Gasteiger partial charge < -0.3 is 10.6 Å². The molecule has 1 atom stereocenters. The summed E-state index contributed by atoms with van der Waals surface area (Å²) < 4.78 is 22.5. The van der Waals surface area contributed by atoms with E-state index in [0.29, 0.717) is 11.3 Å². The predicted molar refractivity (Wildman–Crippen MR) is 92.0 cm³/mol. The number of hydrogen-bond acceptors (Lipinski definition) is 3. The van der Waals surface area contributed by atoms with Crippen molar-refractivity contribution < 1.29 is 13.2 Å². The first-order valence-electron chi connectivity index (χ1n) is 7.22. The maximum atomic E-state index is 12.0. The Hall–Kier alpha value is -2.34. The van der Waals surface area contributed by atoms with Crippen LogP contribution < -0.4 is 10.6 Å². The fourth-order valence-corrected chi connectivity index (χ4v) is 2.97. The Balaban J connectivity index is 1.93. The molecule has 0 heterocycles. The van der Waals surface area contributed by atoms with Crippen LogP contribution in [0.4, 0.5) is 10.5 Å². The van der Waals surface area contributed by atoms with E-state index in [1.54, 1.807) is 24.3 Å². The first kappa shape index (κ1) is 17.0. The lowest BCUT2D eigenvalue weighted by molar-refractivity contribution is 0.249. The standard InChI is InChI=1S/C17H20N2O3S/c1-13(15-6-4-3-5-7-15)18-17(20)19-16-10-8-14(9-11-16)12-23(2,21)22/h3-11,13H,12H2,1-2H3,(H2,18,19,20). The number of benzene rings is 2. The molecule has 2 amide bonds. The van der Waals surface area contributed by atoms with Crippen molar-refractivity contribution in [2.45, 2.75) is 18.7 Å². The molecule has 0 aliphatic carbocycles. The Morgan fingerprint density at radius 2 is 1.65 bits per heavy atom. The molecule has 2 rings (SSSR count). The van der Waals surface area contributed by atoms with Crippen LogP contribution in [0.2, 0.25) is 0 Å². The Kier molecular flexibility index (Phi) is 5.39. The highest BCUT2D eigenvalue weighted by molar-refractivity contribution is 7.89. The summed E-state index contributed by atoms with van der Waals surface area (Å²) in [6.07, 6.45) is 1.19. The molecule has 0 fully saturated rings. The maximum absolute atomic E-state index is 12.0. The van der Waals surface area contributed by atoms with Crippen LogP contribution in [0.1, 0.15) is 24.1 Å². The van der Waals surface area contributed by atoms with Gasteiger partial charge in [-0.2, -0.15) is 0 Å². The highest BCUT2D eigenvalue weighted by atomic mass is 32.2. The summed E-state index contributed by atoms with van der Waals surface area (Å²) in [7, 11) is -3.06. The van der Waals surface area contributed by atoms with Gasteiger partial charge in [-0.25, -0.2) is 13.2 Å². The second kappa shape index (κ2) is 7.28. The smallest absolute Gasteiger partial charge is 0.319 e. The zero-order valence-electron chi connectivity index (χ0n) is 13.1. The van der Waals surface area contributed by atoms with Crippen LogP contribution in [0.15, 0.2) is 54.6 Å². The molecular formula is C17H20N2O3S. The summed E-state index contributed by atoms with van der Waals surface area (Å²) in [5.74, 6) is -0.00941. The molecule has 0 saturated carbocycles. The summed E-state index contributed by atoms with van der Waals surface area (Å²) >= 11 is 0. The van der Waals surface area contributed by atoms with E-state index in [1.807, 2.05) is 37.3 Å². The molecule has 1 unspecified atom stereocenters. The molecule has 0 aliphatic heterocycles. The van der Waals surface area contributed by atoms with Crippen LogP contribution in [-0.2, 0) is 15.6 Å². The predicted octanol–water partition coefficient (Wildman–Crippen LogP) is 3.11. The van der Waals surface area contributed by atoms with E-state index in [2.05, 4.69) is 10.6 Å². The molecule has 122 valence electrons. The number of anilines is 1. The minimum atomic E-state index is -3.06. The van der Waals surface area contributed by atoms with Crippen LogP contribution in [0, 0.1) is 0 Å². The van der Waals surface area contributed by atoms with Crippen molar-refractivity contribution in [3.05, 3.63) is 65.7 Å². The number of carbonyl (C=O) groups is 1. The molecule has 0 radical (unpaired) electrons. The second-order valence-corrected chi connectivity index (χ2v) is 7.64. The van der Waals surface area contributed by atoms with Gasteiger partial charge in [0.1, 0.15) is 0 Å². The third-order valence-corrected chi connectivity index (χ3v) is 4.15. The lowest BCUT2D eigenvalue weighted by Gasteiger charge is -2.15. The van der Waals surface area contributed by atoms with E-state index in [-0.39, 0.29) is 17.8 Å². The van der Waals surface area contributed by atoms with Crippen LogP contribution in [0.5, 0.6) is 0 Å². The van der Waals surface area contributed by atoms with Gasteiger partial charge in [0.15, 0.2) is 9.84 Å². The Labute approximate surface area is 136 Å². The summed E-state index contributed by atoms with van der Waals surface area (Å²) in [6, 6.07) is 16.0. The molecule has 2 N–H and O–H groups in total. The summed E-state index contributed by atoms with van der Waals surface area (Å²) in [6.45, 7) is 1.91. The van der Waals surface area contributed by atoms with E-state index in [9.17, 15) is 13.2 Å². The Bertz CT molecular complexity index is 756. The second-order valence-electron chi connectivity index (χ2n) is 5.50. The topological polar surface area (TPSA) is 75.3 Å².